The largest absolute Gasteiger partial charge is 0.466 e. The van der Waals surface area contributed by atoms with E-state index in [-0.39, 0.29) is 5.97 Å². The molecule has 0 unspecified atom stereocenters. The summed E-state index contributed by atoms with van der Waals surface area (Å²) in [4.78, 5) is 11.0. The molecule has 16 heavy (non-hydrogen) atoms. The van der Waals surface area contributed by atoms with Crippen LogP contribution in [0.3, 0.4) is 0 Å². The number of esters is 1. The first-order valence-electron chi connectivity index (χ1n) is 5.67. The normalized spacial score (nSPS) is 11.6. The smallest absolute Gasteiger partial charge is 0.333 e. The van der Waals surface area contributed by atoms with Crippen LogP contribution < -0.4 is 5.32 Å². The maximum absolute atomic E-state index is 11.0. The molecule has 0 aromatic heterocycles. The Hall–Kier alpha value is -0.870. The molecule has 0 saturated heterocycles. The van der Waals surface area contributed by atoms with Crippen LogP contribution in [-0.4, -0.2) is 39.9 Å². The van der Waals surface area contributed by atoms with Crippen LogP contribution in [0.5, 0.6) is 0 Å². The van der Waals surface area contributed by atoms with Gasteiger partial charge in [0.2, 0.25) is 0 Å². The van der Waals surface area contributed by atoms with E-state index in [1.54, 1.807) is 14.0 Å². The molecule has 0 bridgehead atoms. The fourth-order valence-corrected chi connectivity index (χ4v) is 1.24. The third-order valence-corrected chi connectivity index (χ3v) is 2.26. The topological polar surface area (TPSA) is 47.6 Å². The van der Waals surface area contributed by atoms with E-state index in [1.807, 2.05) is 6.08 Å². The fraction of sp³-hybridized carbons (Fsp3) is 0.750. The molecule has 0 amide bonds. The summed E-state index contributed by atoms with van der Waals surface area (Å²) in [5, 5.41) is 3.25. The third-order valence-electron chi connectivity index (χ3n) is 2.26. The van der Waals surface area contributed by atoms with Gasteiger partial charge in [-0.2, -0.15) is 0 Å². The predicted molar refractivity (Wildman–Crippen MR) is 64.4 cm³/mol. The van der Waals surface area contributed by atoms with Crippen molar-refractivity contribution < 1.29 is 14.3 Å². The van der Waals surface area contributed by atoms with Crippen molar-refractivity contribution in [2.75, 3.05) is 33.9 Å². The molecule has 4 nitrogen and oxygen atoms in total. The molecule has 4 heteroatoms. The van der Waals surface area contributed by atoms with Crippen LogP contribution in [0.15, 0.2) is 11.6 Å². The molecule has 0 heterocycles. The maximum atomic E-state index is 11.0. The summed E-state index contributed by atoms with van der Waals surface area (Å²) in [5.74, 6) is -0.262. The average molecular weight is 229 g/mol. The van der Waals surface area contributed by atoms with Crippen LogP contribution in [0.1, 0.15) is 26.2 Å². The zero-order valence-corrected chi connectivity index (χ0v) is 10.5. The highest BCUT2D eigenvalue weighted by molar-refractivity contribution is 5.87. The lowest BCUT2D eigenvalue weighted by molar-refractivity contribution is -0.136. The SMILES string of the molecule is COCCCCCNC/C=C(/C)C(=O)OC. The molecule has 0 aliphatic heterocycles. The Morgan fingerprint density at radius 2 is 2.00 bits per heavy atom. The number of hydrogen-bond donors (Lipinski definition) is 1. The lowest BCUT2D eigenvalue weighted by Crippen LogP contribution is -2.16. The summed E-state index contributed by atoms with van der Waals surface area (Å²) in [5.41, 5.74) is 0.648. The summed E-state index contributed by atoms with van der Waals surface area (Å²) in [6, 6.07) is 0. The van der Waals surface area contributed by atoms with Crippen LogP contribution in [0.2, 0.25) is 0 Å². The van der Waals surface area contributed by atoms with Crippen LogP contribution in [-0.2, 0) is 14.3 Å². The molecular weight excluding hydrogens is 206 g/mol. The van der Waals surface area contributed by atoms with Crippen molar-refractivity contribution in [3.8, 4) is 0 Å². The van der Waals surface area contributed by atoms with Crippen molar-refractivity contribution in [2.24, 2.45) is 0 Å². The number of ether oxygens (including phenoxy) is 2. The van der Waals surface area contributed by atoms with Gasteiger partial charge in [-0.05, 0) is 32.7 Å². The van der Waals surface area contributed by atoms with E-state index in [2.05, 4.69) is 10.1 Å². The first-order chi connectivity index (χ1) is 7.72. The highest BCUT2D eigenvalue weighted by Crippen LogP contribution is 1.95. The minimum Gasteiger partial charge on any atom is -0.466 e. The Morgan fingerprint density at radius 3 is 2.62 bits per heavy atom. The summed E-state index contributed by atoms with van der Waals surface area (Å²) in [6.45, 7) is 4.27. The molecule has 0 saturated carbocycles. The van der Waals surface area contributed by atoms with Gasteiger partial charge >= 0.3 is 5.97 Å². The second-order valence-electron chi connectivity index (χ2n) is 3.64. The van der Waals surface area contributed by atoms with E-state index in [0.29, 0.717) is 12.1 Å². The van der Waals surface area contributed by atoms with Gasteiger partial charge in [0.25, 0.3) is 0 Å². The number of carbonyl (C=O) groups excluding carboxylic acids is 1. The number of rotatable bonds is 9. The number of nitrogens with one attached hydrogen (secondary N) is 1. The molecule has 94 valence electrons. The highest BCUT2D eigenvalue weighted by Gasteiger charge is 2.00. The molecule has 0 aromatic carbocycles. The van der Waals surface area contributed by atoms with Crippen LogP contribution in [0, 0.1) is 0 Å². The summed E-state index contributed by atoms with van der Waals surface area (Å²) >= 11 is 0. The molecule has 0 aromatic rings. The van der Waals surface area contributed by atoms with Gasteiger partial charge in [0, 0.05) is 25.8 Å². The Morgan fingerprint density at radius 1 is 1.25 bits per heavy atom. The first-order valence-corrected chi connectivity index (χ1v) is 5.67. The molecule has 1 N–H and O–H groups in total. The molecule has 0 radical (unpaired) electrons. The van der Waals surface area contributed by atoms with Crippen molar-refractivity contribution >= 4 is 5.97 Å². The zero-order chi connectivity index (χ0) is 12.2. The van der Waals surface area contributed by atoms with Gasteiger partial charge in [0.15, 0.2) is 0 Å². The van der Waals surface area contributed by atoms with E-state index >= 15 is 0 Å². The third kappa shape index (κ3) is 8.44. The number of methoxy groups -OCH3 is 2. The van der Waals surface area contributed by atoms with Crippen molar-refractivity contribution in [3.63, 3.8) is 0 Å². The van der Waals surface area contributed by atoms with Gasteiger partial charge < -0.3 is 14.8 Å². The van der Waals surface area contributed by atoms with Crippen molar-refractivity contribution in [1.29, 1.82) is 0 Å². The minimum absolute atomic E-state index is 0.262. The van der Waals surface area contributed by atoms with Gasteiger partial charge in [0.05, 0.1) is 7.11 Å². The van der Waals surface area contributed by atoms with Gasteiger partial charge in [-0.1, -0.05) is 6.08 Å². The molecule has 0 atom stereocenters. The summed E-state index contributed by atoms with van der Waals surface area (Å²) in [6.07, 6.45) is 5.26. The monoisotopic (exact) mass is 229 g/mol. The van der Waals surface area contributed by atoms with E-state index in [9.17, 15) is 4.79 Å². The van der Waals surface area contributed by atoms with Crippen LogP contribution in [0.4, 0.5) is 0 Å². The molecular formula is C12H23NO3. The average Bonchev–Trinajstić information content (AvgIpc) is 2.31. The number of unbranched alkanes of at least 4 members (excludes halogenated alkanes) is 2. The van der Waals surface area contributed by atoms with Gasteiger partial charge in [-0.15, -0.1) is 0 Å². The summed E-state index contributed by atoms with van der Waals surface area (Å²) < 4.78 is 9.54. The number of hydrogen-bond acceptors (Lipinski definition) is 4. The van der Waals surface area contributed by atoms with E-state index < -0.39 is 0 Å². The Balaban J connectivity index is 3.35. The van der Waals surface area contributed by atoms with Crippen LogP contribution in [0.25, 0.3) is 0 Å². The predicted octanol–water partition coefficient (Wildman–Crippen LogP) is 1.51. The quantitative estimate of drug-likeness (QED) is 0.370. The number of carbonyl (C=O) groups is 1. The lowest BCUT2D eigenvalue weighted by atomic mass is 10.2. The second-order valence-corrected chi connectivity index (χ2v) is 3.64. The van der Waals surface area contributed by atoms with E-state index in [1.165, 1.54) is 13.5 Å². The fourth-order valence-electron chi connectivity index (χ4n) is 1.24. The highest BCUT2D eigenvalue weighted by atomic mass is 16.5. The Kier molecular flexibility index (Phi) is 10.1. The summed E-state index contributed by atoms with van der Waals surface area (Å²) in [7, 11) is 3.11. The first kappa shape index (κ1) is 15.1. The standard InChI is InChI=1S/C12H23NO3/c1-11(12(14)16-3)7-9-13-8-5-4-6-10-15-2/h7,13H,4-6,8-10H2,1-3H3/b11-7-. The molecule has 0 rings (SSSR count). The second kappa shape index (κ2) is 10.6. The van der Waals surface area contributed by atoms with Gasteiger partial charge in [-0.3, -0.25) is 0 Å². The van der Waals surface area contributed by atoms with Crippen molar-refractivity contribution in [2.45, 2.75) is 26.2 Å². The zero-order valence-electron chi connectivity index (χ0n) is 10.5. The molecule has 0 spiro atoms. The molecule has 0 aliphatic rings. The van der Waals surface area contributed by atoms with E-state index in [4.69, 9.17) is 4.74 Å². The van der Waals surface area contributed by atoms with Crippen molar-refractivity contribution in [1.82, 2.24) is 5.32 Å². The Labute approximate surface area is 98.0 Å². The van der Waals surface area contributed by atoms with Crippen LogP contribution >= 0.6 is 0 Å². The molecule has 0 aliphatic carbocycles. The minimum atomic E-state index is -0.262. The van der Waals surface area contributed by atoms with Gasteiger partial charge in [-0.25, -0.2) is 4.79 Å². The van der Waals surface area contributed by atoms with Gasteiger partial charge in [0.1, 0.15) is 0 Å². The molecule has 0 fully saturated rings. The Bertz CT molecular complexity index is 214. The lowest BCUT2D eigenvalue weighted by Gasteiger charge is -2.03. The van der Waals surface area contributed by atoms with Crippen molar-refractivity contribution in [3.05, 3.63) is 11.6 Å². The van der Waals surface area contributed by atoms with E-state index in [0.717, 1.165) is 26.0 Å². The maximum Gasteiger partial charge on any atom is 0.333 e.